The number of methoxy groups -OCH3 is 1. The average Bonchev–Trinajstić information content (AvgIpc) is 1.39. The number of aliphatic hydroxyl groups is 3. The quantitative estimate of drug-likeness (QED) is 0.0125. The number of phenols is 1. The number of piperidine rings is 1. The molecule has 12 N–H and O–H groups in total. The van der Waals surface area contributed by atoms with Crippen molar-refractivity contribution in [1.29, 1.82) is 0 Å². The minimum atomic E-state index is -2.07. The van der Waals surface area contributed by atoms with E-state index in [2.05, 4.69) is 31.9 Å². The Bertz CT molecular complexity index is 4590. The van der Waals surface area contributed by atoms with Gasteiger partial charge in [0.25, 0.3) is 17.7 Å². The molecule has 0 saturated carbocycles. The molecule has 4 aliphatic rings. The molecule has 1 saturated heterocycles. The number of ether oxygens (including phenoxy) is 5. The number of aliphatic hydroxyl groups excluding tert-OH is 3. The first-order valence-corrected chi connectivity index (χ1v) is 36.1. The van der Waals surface area contributed by atoms with E-state index in [9.17, 15) is 68.4 Å². The number of esters is 1. The van der Waals surface area contributed by atoms with Crippen LogP contribution in [0.1, 0.15) is 125 Å². The highest BCUT2D eigenvalue weighted by Gasteiger charge is 2.45. The third kappa shape index (κ3) is 18.7. The van der Waals surface area contributed by atoms with Crippen molar-refractivity contribution in [3.63, 3.8) is 0 Å². The second-order valence-electron chi connectivity index (χ2n) is 28.5. The van der Waals surface area contributed by atoms with Gasteiger partial charge in [0.2, 0.25) is 28.6 Å². The van der Waals surface area contributed by atoms with Crippen molar-refractivity contribution in [2.24, 2.45) is 35.3 Å². The standard InChI is InChI=1S/C77H96N10O21/c1-38(2)60(83-54(90)20-13-12-14-31-87-55(91)25-26-56(87)92)74(100)82-50(19-16-30-79-75(78)101)73(99)80-47-23-21-46(22-24-47)37-104-76(102)81-48-27-32-86(33-28-48)49-35-51(89)61-53(36-49)107-70-62(84-61)57-58-66(95)44(8)69-59(57)71(97)77(10,108-69)105-34-29-52(103-11)41(5)68(106-45(9)88)43(7)65(94)42(6)64(93)39(3)17-15-18-40(4)72(98)85-63(70)67(58)96/h15,17-18,21-26,29,34-36,38-39,41-43,48,50,52,60,64-65,68,93-95,97H,12-14,16,19-20,27-28,30-33,37H2,1-11H3,(H,80,99)(H,81,102)(H,82,100)(H,83,90)(H,85,98)(H3,78,79,101). The molecule has 0 radical (unpaired) electrons. The van der Waals surface area contributed by atoms with Crippen molar-refractivity contribution in [2.45, 2.75) is 176 Å². The second-order valence-corrected chi connectivity index (χ2v) is 28.5. The van der Waals surface area contributed by atoms with Crippen molar-refractivity contribution < 1.29 is 91.7 Å². The zero-order chi connectivity index (χ0) is 78.7. The number of nitrogens with two attached hydrogens (primary N) is 1. The fraction of sp³-hybridized carbons (Fsp3) is 0.481. The van der Waals surface area contributed by atoms with Crippen LogP contribution in [0.3, 0.4) is 0 Å². The number of carbonyl (C=O) groups excluding carboxylic acids is 9. The Labute approximate surface area is 622 Å². The average molecular weight is 1500 g/mol. The number of anilines is 3. The molecule has 1 aromatic heterocycles. The van der Waals surface area contributed by atoms with E-state index >= 15 is 4.79 Å². The number of benzene rings is 4. The topological polar surface area (TPSA) is 446 Å². The maximum atomic E-state index is 15.2. The van der Waals surface area contributed by atoms with E-state index in [1.807, 2.05) is 4.90 Å². The lowest BCUT2D eigenvalue weighted by Crippen LogP contribution is -2.54. The number of hydrogen-bond acceptors (Lipinski definition) is 23. The zero-order valence-electron chi connectivity index (χ0n) is 62.3. The van der Waals surface area contributed by atoms with Gasteiger partial charge in [0.15, 0.2) is 22.4 Å². The predicted octanol–water partition coefficient (Wildman–Crippen LogP) is 5.95. The molecule has 1 fully saturated rings. The van der Waals surface area contributed by atoms with Gasteiger partial charge in [-0.15, -0.1) is 0 Å². The van der Waals surface area contributed by atoms with Crippen LogP contribution in [-0.2, 0) is 59.1 Å². The third-order valence-electron chi connectivity index (χ3n) is 20.2. The Balaban J connectivity index is 0.891. The van der Waals surface area contributed by atoms with Crippen molar-refractivity contribution in [2.75, 3.05) is 48.8 Å². The van der Waals surface area contributed by atoms with E-state index in [1.165, 1.54) is 77.5 Å². The third-order valence-corrected chi connectivity index (χ3v) is 20.2. The van der Waals surface area contributed by atoms with Crippen LogP contribution in [0.4, 0.5) is 26.7 Å². The van der Waals surface area contributed by atoms with Crippen molar-refractivity contribution in [1.82, 2.24) is 31.2 Å². The summed E-state index contributed by atoms with van der Waals surface area (Å²) < 4.78 is 36.3. The monoisotopic (exact) mass is 1500 g/mol. The lowest BCUT2D eigenvalue weighted by molar-refractivity contribution is -0.160. The Hall–Kier alpha value is -10.9. The summed E-state index contributed by atoms with van der Waals surface area (Å²) in [6.07, 6.45) is 7.51. The van der Waals surface area contributed by atoms with Gasteiger partial charge in [0.1, 0.15) is 47.5 Å². The maximum absolute atomic E-state index is 15.2. The second kappa shape index (κ2) is 35.2. The van der Waals surface area contributed by atoms with Crippen molar-refractivity contribution in [3.05, 3.63) is 121 Å². The van der Waals surface area contributed by atoms with Crippen LogP contribution in [0, 0.1) is 36.5 Å². The molecular formula is C77H96N10O21. The number of alkyl carbamates (subject to hydrolysis) is 1. The van der Waals surface area contributed by atoms with Gasteiger partial charge in [0, 0.05) is 135 Å². The highest BCUT2D eigenvalue weighted by Crippen LogP contribution is 2.43. The van der Waals surface area contributed by atoms with Gasteiger partial charge >= 0.3 is 23.9 Å². The van der Waals surface area contributed by atoms with Gasteiger partial charge in [-0.2, -0.15) is 0 Å². The molecule has 0 aliphatic carbocycles. The Morgan fingerprint density at radius 2 is 1.54 bits per heavy atom. The fourth-order valence-electron chi connectivity index (χ4n) is 13.8. The number of unbranched alkanes of at least 4 members (excludes halogenated alkanes) is 2. The normalized spacial score (nSPS) is 22.7. The summed E-state index contributed by atoms with van der Waals surface area (Å²) in [5.74, 6) is -10.3. The number of allylic oxidation sites excluding steroid dienone is 2. The summed E-state index contributed by atoms with van der Waals surface area (Å²) >= 11 is 0. The molecule has 4 bridgehead atoms. The largest absolute Gasteiger partial charge is 0.507 e. The smallest absolute Gasteiger partial charge is 0.407 e. The van der Waals surface area contributed by atoms with Crippen LogP contribution in [-0.4, -0.2) is 165 Å². The lowest BCUT2D eigenvalue weighted by atomic mass is 9.78. The van der Waals surface area contributed by atoms with Crippen molar-refractivity contribution >= 4 is 109 Å². The molecule has 31 heteroatoms. The highest BCUT2D eigenvalue weighted by molar-refractivity contribution is 6.17. The number of amides is 9. The van der Waals surface area contributed by atoms with Gasteiger partial charge in [0.05, 0.1) is 35.2 Å². The Morgan fingerprint density at radius 1 is 0.843 bits per heavy atom. The summed E-state index contributed by atoms with van der Waals surface area (Å²) in [6, 6.07) is 6.08. The summed E-state index contributed by atoms with van der Waals surface area (Å²) in [7, 11) is 1.42. The van der Waals surface area contributed by atoms with Crippen LogP contribution >= 0.6 is 0 Å². The molecule has 5 heterocycles. The molecule has 9 rings (SSSR count). The molecule has 9 amide bonds. The van der Waals surface area contributed by atoms with Crippen LogP contribution in [0.15, 0.2) is 98.7 Å². The molecule has 11 unspecified atom stereocenters. The molecule has 11 atom stereocenters. The summed E-state index contributed by atoms with van der Waals surface area (Å²) in [5, 5.41) is 63.3. The Kier molecular flexibility index (Phi) is 26.5. The number of imide groups is 1. The van der Waals surface area contributed by atoms with Crippen molar-refractivity contribution in [3.8, 4) is 11.5 Å². The molecule has 4 aromatic carbocycles. The number of carbonyl (C=O) groups is 9. The number of aromatic nitrogens is 1. The Morgan fingerprint density at radius 3 is 2.19 bits per heavy atom. The maximum Gasteiger partial charge on any atom is 0.407 e. The molecule has 5 aromatic rings. The molecule has 4 aliphatic heterocycles. The lowest BCUT2D eigenvalue weighted by Gasteiger charge is -2.38. The van der Waals surface area contributed by atoms with Crippen LogP contribution < -0.4 is 63.3 Å². The van der Waals surface area contributed by atoms with E-state index in [1.54, 1.807) is 78.0 Å². The molecule has 31 nitrogen and oxygen atoms in total. The first kappa shape index (κ1) is 81.2. The minimum Gasteiger partial charge on any atom is -0.507 e. The van der Waals surface area contributed by atoms with Gasteiger partial charge in [-0.3, -0.25) is 48.1 Å². The van der Waals surface area contributed by atoms with Crippen LogP contribution in [0.2, 0.25) is 0 Å². The SMILES string of the molecule is COC1C=COC2(C)Oc3c(C)c(O)c4c(=O)c(c5oc6cc(N7CCC(NC(=O)OCc8ccc(NC(=O)C(CCCNC(N)=O)NC(=O)C(NC(=O)CCCCCN9C(=O)C=CC9=O)C(C)C)cc8)CC7)cc(=O)c6nc5c4c3=C2O)NC(=O)C(C)=CC=CC(C)C(O)C(C)C(O)C(C)C(OC(C)=O)C1C. The minimum absolute atomic E-state index is 0.00989. The summed E-state index contributed by atoms with van der Waals surface area (Å²) in [5.41, 5.74) is 3.65. The summed E-state index contributed by atoms with van der Waals surface area (Å²) in [6.45, 7) is 16.7. The number of rotatable bonds is 22. The number of urea groups is 1. The molecule has 0 spiro atoms. The number of nitrogens with one attached hydrogen (secondary N) is 6. The van der Waals surface area contributed by atoms with Gasteiger partial charge in [-0.1, -0.05) is 78.3 Å². The fourth-order valence-corrected chi connectivity index (χ4v) is 13.8. The number of phenolic OH excluding ortho intramolecular Hbond substituents is 1. The number of hydrogen-bond donors (Lipinski definition) is 11. The molecule has 108 heavy (non-hydrogen) atoms. The van der Waals surface area contributed by atoms with Gasteiger partial charge in [-0.05, 0) is 82.1 Å². The van der Waals surface area contributed by atoms with E-state index in [-0.39, 0.29) is 112 Å². The van der Waals surface area contributed by atoms with Gasteiger partial charge in [-0.25, -0.2) is 14.6 Å². The van der Waals surface area contributed by atoms with Crippen LogP contribution in [0.5, 0.6) is 11.5 Å². The van der Waals surface area contributed by atoms with E-state index in [4.69, 9.17) is 38.8 Å². The van der Waals surface area contributed by atoms with E-state index in [0.29, 0.717) is 62.1 Å². The first-order valence-electron chi connectivity index (χ1n) is 36.1. The predicted molar refractivity (Wildman–Crippen MR) is 398 cm³/mol. The van der Waals surface area contributed by atoms with Crippen LogP contribution in [0.25, 0.3) is 38.7 Å². The summed E-state index contributed by atoms with van der Waals surface area (Å²) in [4.78, 5) is 153. The first-order chi connectivity index (χ1) is 51.2. The number of primary amides is 1. The molecule has 580 valence electrons. The van der Waals surface area contributed by atoms with E-state index < -0.39 is 141 Å². The molecular weight excluding hydrogens is 1400 g/mol. The van der Waals surface area contributed by atoms with Gasteiger partial charge < -0.3 is 91.1 Å². The van der Waals surface area contributed by atoms with E-state index in [0.717, 1.165) is 4.90 Å². The number of nitrogens with zero attached hydrogens (tertiary/aromatic N) is 3. The highest BCUT2D eigenvalue weighted by atomic mass is 16.7. The number of aromatic hydroxyl groups is 1. The number of fused-ring (bicyclic) bond motifs is 2. The zero-order valence-corrected chi connectivity index (χ0v) is 62.3.